The quantitative estimate of drug-likeness (QED) is 0.0966. The Bertz CT molecular complexity index is 2020. The first-order chi connectivity index (χ1) is 27.6. The minimum absolute atomic E-state index is 0.0800. The number of esters is 1. The van der Waals surface area contributed by atoms with Crippen molar-refractivity contribution in [2.45, 2.75) is 117 Å². The maximum atomic E-state index is 14.8. The molecule has 8 atom stereocenters. The number of carbonyl (C=O) groups excluding carboxylic acids is 3. The van der Waals surface area contributed by atoms with Crippen molar-refractivity contribution in [3.05, 3.63) is 29.6 Å². The molecule has 1 amide bonds. The fraction of sp³-hybridized carbons (Fsp3) is 0.636. The number of nitrogens with zero attached hydrogens (tertiary/aromatic N) is 3. The molecule has 3 aromatic rings. The van der Waals surface area contributed by atoms with Gasteiger partial charge in [0.05, 0.1) is 48.2 Å². The van der Waals surface area contributed by atoms with Gasteiger partial charge in [0.25, 0.3) is 0 Å². The highest BCUT2D eigenvalue weighted by Gasteiger charge is 2.61. The summed E-state index contributed by atoms with van der Waals surface area (Å²) in [6, 6.07) is 6.65. The van der Waals surface area contributed by atoms with Gasteiger partial charge in [0.1, 0.15) is 36.0 Å². The van der Waals surface area contributed by atoms with Gasteiger partial charge in [-0.3, -0.25) is 19.2 Å². The van der Waals surface area contributed by atoms with E-state index in [0.717, 1.165) is 18.0 Å². The van der Waals surface area contributed by atoms with Crippen LogP contribution < -0.4 is 14.8 Å². The van der Waals surface area contributed by atoms with Crippen LogP contribution in [0.4, 0.5) is 5.13 Å². The van der Waals surface area contributed by atoms with E-state index in [1.807, 2.05) is 71.2 Å². The molecule has 3 saturated carbocycles. The number of carboxylic acids is 1. The third kappa shape index (κ3) is 9.12. The largest absolute Gasteiger partial charge is 0.491 e. The number of anilines is 1. The van der Waals surface area contributed by atoms with Crippen molar-refractivity contribution in [3.8, 4) is 22.9 Å². The van der Waals surface area contributed by atoms with E-state index in [0.29, 0.717) is 71.7 Å². The van der Waals surface area contributed by atoms with Gasteiger partial charge in [-0.1, -0.05) is 34.1 Å². The van der Waals surface area contributed by atoms with E-state index >= 15 is 0 Å². The molecule has 0 spiro atoms. The number of ketones is 1. The summed E-state index contributed by atoms with van der Waals surface area (Å²) in [7, 11) is 1.61. The summed E-state index contributed by atoms with van der Waals surface area (Å²) in [6.45, 7) is 12.6. The van der Waals surface area contributed by atoms with Gasteiger partial charge in [-0.2, -0.15) is 0 Å². The minimum Gasteiger partial charge on any atom is -0.491 e. The van der Waals surface area contributed by atoms with Crippen LogP contribution in [0.1, 0.15) is 92.9 Å². The molecule has 58 heavy (non-hydrogen) atoms. The Hall–Kier alpha value is -4.30. The normalized spacial score (nSPS) is 26.7. The zero-order chi connectivity index (χ0) is 41.5. The predicted octanol–water partition coefficient (Wildman–Crippen LogP) is 7.41. The zero-order valence-corrected chi connectivity index (χ0v) is 35.6. The third-order valence-corrected chi connectivity index (χ3v) is 13.3. The van der Waals surface area contributed by atoms with E-state index in [2.05, 4.69) is 5.32 Å². The molecule has 1 unspecified atom stereocenters. The van der Waals surface area contributed by atoms with Crippen LogP contribution in [0.15, 0.2) is 29.6 Å². The minimum atomic E-state index is -1.13. The number of carbonyl (C=O) groups is 4. The number of fused-ring (bicyclic) bond motifs is 2. The number of likely N-dealkylation sites (tertiary alicyclic amines) is 1. The van der Waals surface area contributed by atoms with Crippen LogP contribution in [-0.2, 0) is 28.7 Å². The number of thiazole rings is 1. The van der Waals surface area contributed by atoms with Crippen LogP contribution in [0.2, 0.25) is 0 Å². The number of pyridine rings is 1. The number of ether oxygens (including phenoxy) is 4. The zero-order valence-electron chi connectivity index (χ0n) is 34.7. The Morgan fingerprint density at radius 3 is 2.43 bits per heavy atom. The molecule has 1 aliphatic heterocycles. The van der Waals surface area contributed by atoms with Crippen molar-refractivity contribution >= 4 is 51.0 Å². The summed E-state index contributed by atoms with van der Waals surface area (Å²) in [6.07, 6.45) is 3.20. The molecule has 14 heteroatoms. The Morgan fingerprint density at radius 2 is 1.78 bits per heavy atom. The Labute approximate surface area is 344 Å². The standard InChI is InChI=1S/C44H58N4O9S/c1-8-27-20-44(27,41(52)53)21-37(49)36-17-30(22-48(36)40(51)32(43(4,5)6)18-39(50)57-29-14-25-13-26(25)15-29)56-38-19-34(35-23-58-42(47-35)45-24(2)3)46-33-16-28(9-10-31(33)38)55-12-11-54-7/h9-10,16,19,23-27,29-30,32,36H,8,11-15,17-18,20-22H2,1-7H3,(H,45,47)(H,52,53)/t25-,26+,27-,29?,30-,32-,36+,44-/m1/s1. The van der Waals surface area contributed by atoms with E-state index in [4.69, 9.17) is 28.9 Å². The second kappa shape index (κ2) is 16.8. The molecular weight excluding hydrogens is 761 g/mol. The lowest BCUT2D eigenvalue weighted by Gasteiger charge is -2.35. The number of Topliss-reactive ketones (excluding diaryl/α,β-unsaturated/α-hetero) is 1. The van der Waals surface area contributed by atoms with Gasteiger partial charge in [-0.15, -0.1) is 11.3 Å². The van der Waals surface area contributed by atoms with Crippen LogP contribution in [-0.4, -0.2) is 94.8 Å². The summed E-state index contributed by atoms with van der Waals surface area (Å²) in [5, 5.41) is 17.0. The first kappa shape index (κ1) is 41.8. The maximum Gasteiger partial charge on any atom is 0.310 e. The number of methoxy groups -OCH3 is 1. The van der Waals surface area contributed by atoms with Crippen LogP contribution in [0.5, 0.6) is 11.5 Å². The molecule has 1 aromatic carbocycles. The Morgan fingerprint density at radius 1 is 1.02 bits per heavy atom. The Kier molecular flexibility index (Phi) is 12.1. The molecule has 0 radical (unpaired) electrons. The molecule has 0 bridgehead atoms. The van der Waals surface area contributed by atoms with E-state index in [9.17, 15) is 24.3 Å². The van der Waals surface area contributed by atoms with Gasteiger partial charge < -0.3 is 34.3 Å². The topological polar surface area (TPSA) is 166 Å². The van der Waals surface area contributed by atoms with Crippen molar-refractivity contribution in [1.82, 2.24) is 14.9 Å². The fourth-order valence-corrected chi connectivity index (χ4v) is 9.92. The van der Waals surface area contributed by atoms with Crippen LogP contribution >= 0.6 is 11.3 Å². The van der Waals surface area contributed by atoms with Gasteiger partial charge in [0.15, 0.2) is 10.9 Å². The lowest BCUT2D eigenvalue weighted by molar-refractivity contribution is -0.157. The molecule has 7 rings (SSSR count). The molecule has 2 aromatic heterocycles. The summed E-state index contributed by atoms with van der Waals surface area (Å²) >= 11 is 1.47. The van der Waals surface area contributed by atoms with Crippen molar-refractivity contribution in [2.24, 2.45) is 34.5 Å². The molecule has 2 N–H and O–H groups in total. The SMILES string of the molecule is CC[C@@H]1C[C@]1(CC(=O)[C@@H]1C[C@@H](Oc2cc(-c3csc(NC(C)C)n3)nc3cc(OCCOC)ccc23)CN1C(=O)[C@@H](CC(=O)OC1C[C@@H]2C[C@@H]2C1)C(C)(C)C)C(=O)O. The number of aliphatic carboxylic acids is 1. The van der Waals surface area contributed by atoms with Crippen LogP contribution in [0.3, 0.4) is 0 Å². The van der Waals surface area contributed by atoms with Crippen molar-refractivity contribution < 1.29 is 43.2 Å². The highest BCUT2D eigenvalue weighted by molar-refractivity contribution is 7.14. The summed E-state index contributed by atoms with van der Waals surface area (Å²) < 4.78 is 23.8. The summed E-state index contributed by atoms with van der Waals surface area (Å²) in [5.41, 5.74) is 0.0796. The second-order valence-corrected chi connectivity index (χ2v) is 19.1. The molecule has 3 aliphatic carbocycles. The maximum absolute atomic E-state index is 14.8. The third-order valence-electron chi connectivity index (χ3n) is 12.5. The van der Waals surface area contributed by atoms with E-state index in [-0.39, 0.29) is 55.6 Å². The highest BCUT2D eigenvalue weighted by atomic mass is 32.1. The number of benzene rings is 1. The number of amides is 1. The van der Waals surface area contributed by atoms with Gasteiger partial charge in [0.2, 0.25) is 5.91 Å². The van der Waals surface area contributed by atoms with Crippen molar-refractivity contribution in [1.29, 1.82) is 0 Å². The first-order valence-corrected chi connectivity index (χ1v) is 21.7. The molecular formula is C44H58N4O9S. The summed E-state index contributed by atoms with van der Waals surface area (Å²) in [4.78, 5) is 66.4. The van der Waals surface area contributed by atoms with E-state index < -0.39 is 40.8 Å². The molecule has 4 fully saturated rings. The number of aromatic nitrogens is 2. The Balaban J connectivity index is 1.19. The number of nitrogens with one attached hydrogen (secondary N) is 1. The van der Waals surface area contributed by atoms with E-state index in [1.165, 1.54) is 17.8 Å². The molecule has 314 valence electrons. The number of hydrogen-bond donors (Lipinski definition) is 2. The van der Waals surface area contributed by atoms with Crippen molar-refractivity contribution in [2.75, 3.05) is 32.2 Å². The predicted molar refractivity (Wildman–Crippen MR) is 220 cm³/mol. The average molecular weight is 819 g/mol. The highest BCUT2D eigenvalue weighted by Crippen LogP contribution is 2.58. The molecule has 1 saturated heterocycles. The lowest BCUT2D eigenvalue weighted by Crippen LogP contribution is -2.48. The monoisotopic (exact) mass is 818 g/mol. The molecule has 13 nitrogen and oxygen atoms in total. The lowest BCUT2D eigenvalue weighted by atomic mass is 9.77. The molecule has 3 heterocycles. The second-order valence-electron chi connectivity index (χ2n) is 18.2. The van der Waals surface area contributed by atoms with Gasteiger partial charge in [-0.25, -0.2) is 9.97 Å². The van der Waals surface area contributed by atoms with Gasteiger partial charge >= 0.3 is 11.9 Å². The molecule has 4 aliphatic rings. The fourth-order valence-electron chi connectivity index (χ4n) is 9.07. The van der Waals surface area contributed by atoms with E-state index in [1.54, 1.807) is 12.0 Å². The first-order valence-electron chi connectivity index (χ1n) is 20.8. The number of rotatable bonds is 18. The van der Waals surface area contributed by atoms with Crippen LogP contribution in [0, 0.1) is 34.5 Å². The van der Waals surface area contributed by atoms with Crippen LogP contribution in [0.25, 0.3) is 22.3 Å². The van der Waals surface area contributed by atoms with Gasteiger partial charge in [0, 0.05) is 48.9 Å². The number of hydrogen-bond acceptors (Lipinski definition) is 12. The number of carboxylic acid groups (broad SMARTS) is 1. The van der Waals surface area contributed by atoms with Gasteiger partial charge in [-0.05, 0) is 74.8 Å². The average Bonchev–Trinajstić information content (AvgIpc) is 3.83. The van der Waals surface area contributed by atoms with Crippen molar-refractivity contribution in [3.63, 3.8) is 0 Å². The smallest absolute Gasteiger partial charge is 0.310 e. The summed E-state index contributed by atoms with van der Waals surface area (Å²) in [5.74, 6) is -0.494.